The van der Waals surface area contributed by atoms with Gasteiger partial charge in [0.05, 0.1) is 0 Å². The van der Waals surface area contributed by atoms with Gasteiger partial charge in [0.25, 0.3) is 0 Å². The lowest BCUT2D eigenvalue weighted by atomic mass is 9.80. The van der Waals surface area contributed by atoms with Crippen molar-refractivity contribution in [2.45, 2.75) is 0 Å². The van der Waals surface area contributed by atoms with Crippen molar-refractivity contribution in [2.75, 3.05) is 0 Å². The van der Waals surface area contributed by atoms with Crippen molar-refractivity contribution in [3.05, 3.63) is 155 Å². The number of hydrogen-bond acceptors (Lipinski definition) is 0. The van der Waals surface area contributed by atoms with E-state index in [1.165, 1.54) is 98.0 Å². The molecule has 0 amide bonds. The highest BCUT2D eigenvalue weighted by molar-refractivity contribution is 9.11. The van der Waals surface area contributed by atoms with Crippen LogP contribution in [-0.2, 0) is 0 Å². The Kier molecular flexibility index (Phi) is 5.68. The zero-order chi connectivity index (χ0) is 30.5. The minimum Gasteiger partial charge on any atom is -0.0622 e. The highest BCUT2D eigenvalue weighted by Crippen LogP contribution is 2.53. The smallest absolute Gasteiger partial charge is 0.0266 e. The Balaban J connectivity index is 1.50. The van der Waals surface area contributed by atoms with Crippen molar-refractivity contribution < 1.29 is 0 Å². The van der Waals surface area contributed by atoms with E-state index in [1.807, 2.05) is 0 Å². The molecule has 0 unspecified atom stereocenters. The summed E-state index contributed by atoms with van der Waals surface area (Å²) < 4.78 is 2.24. The van der Waals surface area contributed by atoms with Crippen LogP contribution in [0, 0.1) is 0 Å². The van der Waals surface area contributed by atoms with Gasteiger partial charge in [-0.1, -0.05) is 159 Å². The first-order valence-electron chi connectivity index (χ1n) is 15.6. The maximum absolute atomic E-state index is 4.08. The Hall–Kier alpha value is -4.76. The Morgan fingerprint density at radius 2 is 0.783 bits per heavy atom. The summed E-state index contributed by atoms with van der Waals surface area (Å²) in [5.74, 6) is 0. The van der Waals surface area contributed by atoms with E-state index in [0.29, 0.717) is 0 Å². The number of halogens is 2. The molecule has 0 saturated carbocycles. The molecule has 2 heteroatoms. The second kappa shape index (κ2) is 9.87. The summed E-state index contributed by atoms with van der Waals surface area (Å²) in [7, 11) is 0. The Labute approximate surface area is 282 Å². The molecule has 0 atom stereocenters. The fraction of sp³-hybridized carbons (Fsp3) is 0. The van der Waals surface area contributed by atoms with Crippen LogP contribution in [0.2, 0.25) is 0 Å². The first kappa shape index (κ1) is 26.5. The fourth-order valence-electron chi connectivity index (χ4n) is 7.96. The van der Waals surface area contributed by atoms with Crippen molar-refractivity contribution in [3.63, 3.8) is 0 Å². The van der Waals surface area contributed by atoms with Crippen LogP contribution < -0.4 is 0 Å². The van der Waals surface area contributed by atoms with Crippen molar-refractivity contribution in [1.29, 1.82) is 0 Å². The van der Waals surface area contributed by atoms with Crippen molar-refractivity contribution in [3.8, 4) is 33.4 Å². The van der Waals surface area contributed by atoms with E-state index >= 15 is 0 Å². The highest BCUT2D eigenvalue weighted by Gasteiger charge is 2.25. The molecule has 10 aromatic rings. The van der Waals surface area contributed by atoms with Crippen molar-refractivity contribution in [1.82, 2.24) is 0 Å². The minimum atomic E-state index is 1.12. The third-order valence-corrected chi connectivity index (χ3v) is 11.2. The van der Waals surface area contributed by atoms with Gasteiger partial charge in [-0.05, 0) is 111 Å². The third kappa shape index (κ3) is 3.60. The van der Waals surface area contributed by atoms with E-state index < -0.39 is 0 Å². The molecule has 46 heavy (non-hydrogen) atoms. The van der Waals surface area contributed by atoms with E-state index in [9.17, 15) is 0 Å². The standard InChI is InChI=1S/C44H24Br2/c45-37-24-35(27-14-8-3-9-15-27)41-34-20-16-29(26-12-6-2-7-13-26)30-18-21-33-39-36(22-28(23-38(39)46)25-10-4-1-5-11-25)31-17-19-32(37)43(41)42(31)44(33)40(30)34/h1-24H. The lowest BCUT2D eigenvalue weighted by molar-refractivity contribution is 1.64. The molecule has 0 fully saturated rings. The zero-order valence-corrected chi connectivity index (χ0v) is 27.8. The molecule has 0 saturated heterocycles. The summed E-state index contributed by atoms with van der Waals surface area (Å²) in [5, 5.41) is 15.6. The van der Waals surface area contributed by atoms with Crippen LogP contribution >= 0.6 is 31.9 Å². The van der Waals surface area contributed by atoms with Gasteiger partial charge >= 0.3 is 0 Å². The molecule has 0 bridgehead atoms. The van der Waals surface area contributed by atoms with Gasteiger partial charge in [0, 0.05) is 14.3 Å². The van der Waals surface area contributed by atoms with Gasteiger partial charge < -0.3 is 0 Å². The van der Waals surface area contributed by atoms with Crippen LogP contribution in [0.4, 0.5) is 0 Å². The average molecular weight is 712 g/mol. The number of benzene rings is 10. The van der Waals surface area contributed by atoms with Gasteiger partial charge in [-0.2, -0.15) is 0 Å². The summed E-state index contributed by atoms with van der Waals surface area (Å²) in [6.45, 7) is 0. The number of fused-ring (bicyclic) bond motifs is 4. The lowest BCUT2D eigenvalue weighted by Crippen LogP contribution is -1.96. The molecule has 0 nitrogen and oxygen atoms in total. The summed E-state index contributed by atoms with van der Waals surface area (Å²) in [5.41, 5.74) is 7.41. The van der Waals surface area contributed by atoms with Crippen LogP contribution in [0.3, 0.4) is 0 Å². The topological polar surface area (TPSA) is 0 Å². The van der Waals surface area contributed by atoms with E-state index in [1.54, 1.807) is 0 Å². The molecular weight excluding hydrogens is 688 g/mol. The molecular formula is C44H24Br2. The molecule has 0 aliphatic heterocycles. The first-order valence-corrected chi connectivity index (χ1v) is 17.2. The normalized spacial score (nSPS) is 12.1. The quantitative estimate of drug-likeness (QED) is 0.126. The van der Waals surface area contributed by atoms with Gasteiger partial charge in [0.15, 0.2) is 0 Å². The molecule has 0 heterocycles. The minimum absolute atomic E-state index is 1.12. The number of hydrogen-bond donors (Lipinski definition) is 0. The van der Waals surface area contributed by atoms with Crippen LogP contribution in [0.15, 0.2) is 155 Å². The Morgan fingerprint density at radius 3 is 1.50 bits per heavy atom. The summed E-state index contributed by atoms with van der Waals surface area (Å²) in [6, 6.07) is 53.5. The largest absolute Gasteiger partial charge is 0.0622 e. The van der Waals surface area contributed by atoms with E-state index in [4.69, 9.17) is 0 Å². The second-order valence-corrected chi connectivity index (χ2v) is 14.0. The molecule has 0 spiro atoms. The predicted molar refractivity (Wildman–Crippen MR) is 206 cm³/mol. The fourth-order valence-corrected chi connectivity index (χ4v) is 9.20. The summed E-state index contributed by atoms with van der Waals surface area (Å²) >= 11 is 8.10. The van der Waals surface area contributed by atoms with Gasteiger partial charge in [0.2, 0.25) is 0 Å². The third-order valence-electron chi connectivity index (χ3n) is 9.88. The second-order valence-electron chi connectivity index (χ2n) is 12.2. The molecule has 0 N–H and O–H groups in total. The molecule has 0 aliphatic rings. The molecule has 10 rings (SSSR count). The average Bonchev–Trinajstić information content (AvgIpc) is 3.11. The van der Waals surface area contributed by atoms with Crippen molar-refractivity contribution >= 4 is 96.5 Å². The van der Waals surface area contributed by atoms with Gasteiger partial charge in [-0.25, -0.2) is 0 Å². The Bertz CT molecular complexity index is 2780. The maximum atomic E-state index is 4.08. The van der Waals surface area contributed by atoms with Crippen LogP contribution in [-0.4, -0.2) is 0 Å². The van der Waals surface area contributed by atoms with Crippen LogP contribution in [0.5, 0.6) is 0 Å². The molecule has 214 valence electrons. The first-order chi connectivity index (χ1) is 22.7. The van der Waals surface area contributed by atoms with Crippen LogP contribution in [0.25, 0.3) is 98.0 Å². The van der Waals surface area contributed by atoms with E-state index in [0.717, 1.165) is 8.95 Å². The molecule has 0 radical (unpaired) electrons. The Morgan fingerprint density at radius 1 is 0.261 bits per heavy atom. The predicted octanol–water partition coefficient (Wildman–Crippen LogP) is 14.0. The maximum Gasteiger partial charge on any atom is 0.0266 e. The highest BCUT2D eigenvalue weighted by atomic mass is 79.9. The summed E-state index contributed by atoms with van der Waals surface area (Å²) in [6.07, 6.45) is 0. The van der Waals surface area contributed by atoms with Crippen molar-refractivity contribution in [2.24, 2.45) is 0 Å². The molecule has 0 aromatic heterocycles. The van der Waals surface area contributed by atoms with Crippen LogP contribution in [0.1, 0.15) is 0 Å². The van der Waals surface area contributed by atoms with Gasteiger partial charge in [-0.3, -0.25) is 0 Å². The van der Waals surface area contributed by atoms with E-state index in [-0.39, 0.29) is 0 Å². The molecule has 10 aromatic carbocycles. The summed E-state index contributed by atoms with van der Waals surface area (Å²) in [4.78, 5) is 0. The van der Waals surface area contributed by atoms with Gasteiger partial charge in [-0.15, -0.1) is 0 Å². The van der Waals surface area contributed by atoms with Gasteiger partial charge in [0.1, 0.15) is 0 Å². The number of rotatable bonds is 3. The monoisotopic (exact) mass is 710 g/mol. The molecule has 0 aliphatic carbocycles. The zero-order valence-electron chi connectivity index (χ0n) is 24.6. The SMILES string of the molecule is Brc1cc(-c2ccccc2)c2c3ccc(-c4ccccc4)c4ccc5c6c(Br)cc(-c7ccccc7)cc6c6ccc1c2c6c5c43. The lowest BCUT2D eigenvalue weighted by Gasteiger charge is -2.24. The van der Waals surface area contributed by atoms with E-state index in [2.05, 4.69) is 177 Å².